The van der Waals surface area contributed by atoms with Crippen LogP contribution in [0, 0.1) is 5.82 Å². The van der Waals surface area contributed by atoms with Crippen molar-refractivity contribution in [2.24, 2.45) is 5.73 Å². The van der Waals surface area contributed by atoms with Gasteiger partial charge in [-0.2, -0.15) is 0 Å². The molecule has 2 N–H and O–H groups in total. The van der Waals surface area contributed by atoms with Crippen LogP contribution in [-0.2, 0) is 6.42 Å². The van der Waals surface area contributed by atoms with Gasteiger partial charge in [0.1, 0.15) is 5.82 Å². The van der Waals surface area contributed by atoms with Crippen LogP contribution < -0.4 is 5.73 Å². The monoisotopic (exact) mass is 300 g/mol. The van der Waals surface area contributed by atoms with E-state index in [0.29, 0.717) is 11.4 Å². The molecule has 0 amide bonds. The number of hydrogen-bond donors (Lipinski definition) is 1. The highest BCUT2D eigenvalue weighted by Gasteiger charge is 2.20. The maximum absolute atomic E-state index is 12.9. The van der Waals surface area contributed by atoms with Crippen molar-refractivity contribution in [3.8, 4) is 0 Å². The van der Waals surface area contributed by atoms with E-state index in [1.54, 1.807) is 12.1 Å². The van der Waals surface area contributed by atoms with Crippen LogP contribution in [0.1, 0.15) is 15.4 Å². The number of carbonyl (C=O) groups is 1. The van der Waals surface area contributed by atoms with Crippen molar-refractivity contribution in [1.29, 1.82) is 0 Å². The van der Waals surface area contributed by atoms with Gasteiger partial charge in [-0.25, -0.2) is 9.37 Å². The second kappa shape index (κ2) is 5.71. The Kier molecular flexibility index (Phi) is 3.77. The van der Waals surface area contributed by atoms with Gasteiger partial charge in [-0.1, -0.05) is 24.3 Å². The zero-order valence-corrected chi connectivity index (χ0v) is 11.9. The molecule has 0 saturated heterocycles. The quantitative estimate of drug-likeness (QED) is 0.753. The molecule has 2 aromatic carbocycles. The first-order valence-electron chi connectivity index (χ1n) is 6.53. The van der Waals surface area contributed by atoms with Crippen LogP contribution in [0.5, 0.6) is 0 Å². The van der Waals surface area contributed by atoms with Crippen LogP contribution in [0.25, 0.3) is 10.2 Å². The lowest BCUT2D eigenvalue weighted by atomic mass is 10.0. The summed E-state index contributed by atoms with van der Waals surface area (Å²) in [6.07, 6.45) is 0.370. The average molecular weight is 300 g/mol. The van der Waals surface area contributed by atoms with Crippen LogP contribution >= 0.6 is 11.3 Å². The lowest BCUT2D eigenvalue weighted by molar-refractivity contribution is 0.0961. The highest BCUT2D eigenvalue weighted by Crippen LogP contribution is 2.22. The standard InChI is InChI=1S/C16H13FN2OS/c17-11-7-5-10(6-8-11)9-12(18)15(20)16-19-13-3-1-2-4-14(13)21-16/h1-8,12H,9,18H2/t12-/m0/s1. The lowest BCUT2D eigenvalue weighted by Gasteiger charge is -2.08. The van der Waals surface area contributed by atoms with Crippen LogP contribution in [0.3, 0.4) is 0 Å². The number of thiazole rings is 1. The fourth-order valence-electron chi connectivity index (χ4n) is 2.10. The summed E-state index contributed by atoms with van der Waals surface area (Å²) < 4.78 is 13.8. The highest BCUT2D eigenvalue weighted by molar-refractivity contribution is 7.20. The fourth-order valence-corrected chi connectivity index (χ4v) is 3.07. The summed E-state index contributed by atoms with van der Waals surface area (Å²) in [7, 11) is 0. The molecule has 0 saturated carbocycles. The number of Topliss-reactive ketones (excluding diaryl/α,β-unsaturated/α-hetero) is 1. The third kappa shape index (κ3) is 2.99. The summed E-state index contributed by atoms with van der Waals surface area (Å²) in [6.45, 7) is 0. The molecule has 0 fully saturated rings. The minimum absolute atomic E-state index is 0.180. The normalized spacial score (nSPS) is 12.5. The molecule has 0 bridgehead atoms. The van der Waals surface area contributed by atoms with Crippen molar-refractivity contribution in [3.63, 3.8) is 0 Å². The number of benzene rings is 2. The maximum Gasteiger partial charge on any atom is 0.208 e. The molecule has 3 aromatic rings. The van der Waals surface area contributed by atoms with Gasteiger partial charge in [0, 0.05) is 0 Å². The molecule has 0 radical (unpaired) electrons. The maximum atomic E-state index is 12.9. The van der Waals surface area contributed by atoms with E-state index in [1.165, 1.54) is 23.5 Å². The van der Waals surface area contributed by atoms with E-state index in [0.717, 1.165) is 15.8 Å². The highest BCUT2D eigenvalue weighted by atomic mass is 32.1. The summed E-state index contributed by atoms with van der Waals surface area (Å²) in [5, 5.41) is 0.422. The van der Waals surface area contributed by atoms with E-state index in [-0.39, 0.29) is 11.6 Å². The van der Waals surface area contributed by atoms with Gasteiger partial charge in [-0.3, -0.25) is 4.79 Å². The molecular formula is C16H13FN2OS. The Morgan fingerprint density at radius 1 is 1.19 bits per heavy atom. The van der Waals surface area contributed by atoms with Gasteiger partial charge in [0.25, 0.3) is 0 Å². The number of halogens is 1. The summed E-state index contributed by atoms with van der Waals surface area (Å²) in [4.78, 5) is 16.7. The van der Waals surface area contributed by atoms with Crippen LogP contribution in [-0.4, -0.2) is 16.8 Å². The predicted octanol–water partition coefficient (Wildman–Crippen LogP) is 3.19. The van der Waals surface area contributed by atoms with Crippen molar-refractivity contribution in [3.05, 3.63) is 64.9 Å². The number of aromatic nitrogens is 1. The van der Waals surface area contributed by atoms with E-state index in [2.05, 4.69) is 4.98 Å². The summed E-state index contributed by atoms with van der Waals surface area (Å²) in [6, 6.07) is 12.9. The Bertz CT molecular complexity index is 749. The molecule has 0 unspecified atom stereocenters. The molecule has 106 valence electrons. The van der Waals surface area contributed by atoms with Crippen molar-refractivity contribution in [1.82, 2.24) is 4.98 Å². The van der Waals surface area contributed by atoms with Gasteiger partial charge in [0.2, 0.25) is 5.78 Å². The summed E-state index contributed by atoms with van der Waals surface area (Å²) in [5.41, 5.74) is 7.60. The Hall–Kier alpha value is -2.11. The van der Waals surface area contributed by atoms with E-state index >= 15 is 0 Å². The first-order chi connectivity index (χ1) is 10.1. The molecule has 21 heavy (non-hydrogen) atoms. The van der Waals surface area contributed by atoms with Gasteiger partial charge in [0.15, 0.2) is 5.01 Å². The largest absolute Gasteiger partial charge is 0.321 e. The molecule has 3 rings (SSSR count). The number of rotatable bonds is 4. The molecule has 1 aromatic heterocycles. The van der Waals surface area contributed by atoms with Crippen molar-refractivity contribution in [2.45, 2.75) is 12.5 Å². The predicted molar refractivity (Wildman–Crippen MR) is 82.0 cm³/mol. The van der Waals surface area contributed by atoms with Crippen LogP contribution in [0.2, 0.25) is 0 Å². The first kappa shape index (κ1) is 13.9. The topological polar surface area (TPSA) is 56.0 Å². The van der Waals surface area contributed by atoms with Crippen LogP contribution in [0.4, 0.5) is 4.39 Å². The van der Waals surface area contributed by atoms with Gasteiger partial charge in [-0.15, -0.1) is 11.3 Å². The van der Waals surface area contributed by atoms with Crippen LogP contribution in [0.15, 0.2) is 48.5 Å². The average Bonchev–Trinajstić information content (AvgIpc) is 2.92. The van der Waals surface area contributed by atoms with E-state index < -0.39 is 6.04 Å². The molecule has 0 aliphatic heterocycles. The zero-order chi connectivity index (χ0) is 14.8. The zero-order valence-electron chi connectivity index (χ0n) is 11.1. The van der Waals surface area contributed by atoms with Crippen molar-refractivity contribution >= 4 is 27.3 Å². The van der Waals surface area contributed by atoms with Gasteiger partial charge >= 0.3 is 0 Å². The number of nitrogens with two attached hydrogens (primary N) is 1. The third-order valence-electron chi connectivity index (χ3n) is 3.21. The Labute approximate surface area is 125 Å². The molecule has 5 heteroatoms. The van der Waals surface area contributed by atoms with Crippen molar-refractivity contribution < 1.29 is 9.18 Å². The van der Waals surface area contributed by atoms with Gasteiger partial charge in [0.05, 0.1) is 16.3 Å². The Morgan fingerprint density at radius 2 is 1.90 bits per heavy atom. The SMILES string of the molecule is N[C@@H](Cc1ccc(F)cc1)C(=O)c1nc2ccccc2s1. The number of nitrogens with zero attached hydrogens (tertiary/aromatic N) is 1. The Morgan fingerprint density at radius 3 is 2.62 bits per heavy atom. The number of carbonyl (C=O) groups excluding carboxylic acids is 1. The Balaban J connectivity index is 1.78. The number of ketones is 1. The second-order valence-corrected chi connectivity index (χ2v) is 5.82. The second-order valence-electron chi connectivity index (χ2n) is 4.79. The first-order valence-corrected chi connectivity index (χ1v) is 7.35. The molecule has 1 atom stereocenters. The molecule has 3 nitrogen and oxygen atoms in total. The smallest absolute Gasteiger partial charge is 0.208 e. The minimum atomic E-state index is -0.670. The molecule has 1 heterocycles. The molecular weight excluding hydrogens is 287 g/mol. The van der Waals surface area contributed by atoms with Gasteiger partial charge in [-0.05, 0) is 36.2 Å². The van der Waals surface area contributed by atoms with E-state index in [4.69, 9.17) is 5.73 Å². The lowest BCUT2D eigenvalue weighted by Crippen LogP contribution is -2.32. The number of fused-ring (bicyclic) bond motifs is 1. The molecule has 0 spiro atoms. The minimum Gasteiger partial charge on any atom is -0.321 e. The summed E-state index contributed by atoms with van der Waals surface area (Å²) >= 11 is 1.35. The van der Waals surface area contributed by atoms with E-state index in [9.17, 15) is 9.18 Å². The van der Waals surface area contributed by atoms with E-state index in [1.807, 2.05) is 24.3 Å². The molecule has 0 aliphatic carbocycles. The molecule has 0 aliphatic rings. The van der Waals surface area contributed by atoms with Crippen molar-refractivity contribution in [2.75, 3.05) is 0 Å². The van der Waals surface area contributed by atoms with Gasteiger partial charge < -0.3 is 5.73 Å². The summed E-state index contributed by atoms with van der Waals surface area (Å²) in [5.74, 6) is -0.481. The fraction of sp³-hybridized carbons (Fsp3) is 0.125. The third-order valence-corrected chi connectivity index (χ3v) is 4.26. The number of para-hydroxylation sites is 1. The number of hydrogen-bond acceptors (Lipinski definition) is 4.